The fourth-order valence-corrected chi connectivity index (χ4v) is 12.8. The lowest BCUT2D eigenvalue weighted by Crippen LogP contribution is -2.62. The van der Waals surface area contributed by atoms with Gasteiger partial charge in [-0.05, 0) is 87.0 Å². The van der Waals surface area contributed by atoms with Crippen molar-refractivity contribution in [1.29, 1.82) is 0 Å². The molecule has 31 N–H and O–H groups in total. The zero-order chi connectivity index (χ0) is 105. The predicted molar refractivity (Wildman–Crippen MR) is 477 cm³/mol. The molecule has 0 aliphatic rings. The van der Waals surface area contributed by atoms with E-state index in [1.54, 1.807) is 85.7 Å². The molecule has 0 saturated carbocycles. The van der Waals surface area contributed by atoms with Crippen molar-refractivity contribution < 1.29 is 156 Å². The fraction of sp³-hybridized carbons (Fsp3) is 0.631. The summed E-state index contributed by atoms with van der Waals surface area (Å²) in [6.45, 7) is 17.0. The largest absolute Gasteiger partial charge is 0.481 e. The van der Waals surface area contributed by atoms with E-state index in [4.69, 9.17) is 17.2 Å². The van der Waals surface area contributed by atoms with Gasteiger partial charge in [-0.3, -0.25) is 115 Å². The summed E-state index contributed by atoms with van der Waals surface area (Å²) in [4.78, 5) is 333. The number of hydrogen-bond donors (Lipinski definition) is 28. The Kier molecular flexibility index (Phi) is 53.2. The van der Waals surface area contributed by atoms with Crippen molar-refractivity contribution in [2.45, 2.75) is 277 Å². The summed E-state index contributed by atoms with van der Waals surface area (Å²) in [7, 11) is 0. The van der Waals surface area contributed by atoms with Gasteiger partial charge in [-0.1, -0.05) is 113 Å². The number of aliphatic hydroxyl groups excluding tert-OH is 2. The number of amides is 20. The molecule has 0 unspecified atom stereocenters. The molecule has 53 nitrogen and oxygen atoms in total. The average Bonchev–Trinajstić information content (AvgIpc) is 0.872. The summed E-state index contributed by atoms with van der Waals surface area (Å²) in [5.41, 5.74) is 16.8. The zero-order valence-corrected chi connectivity index (χ0v) is 78.5. The van der Waals surface area contributed by atoms with E-state index in [1.807, 2.05) is 10.6 Å². The lowest BCUT2D eigenvalue weighted by Gasteiger charge is -2.29. The molecular weight excluding hydrogens is 1820 g/mol. The molecule has 0 aromatic heterocycles. The predicted octanol–water partition coefficient (Wildman–Crippen LogP) is -9.81. The summed E-state index contributed by atoms with van der Waals surface area (Å²) in [5, 5.41) is 111. The van der Waals surface area contributed by atoms with Crippen LogP contribution in [0.25, 0.3) is 0 Å². The van der Waals surface area contributed by atoms with Crippen LogP contribution in [0.2, 0.25) is 0 Å². The minimum absolute atomic E-state index is 0.112. The number of primary amides is 2. The molecule has 0 spiro atoms. The topological polar surface area (TPSA) is 863 Å². The van der Waals surface area contributed by atoms with Gasteiger partial charge in [0.25, 0.3) is 0 Å². The van der Waals surface area contributed by atoms with E-state index in [-0.39, 0.29) is 31.6 Å². The van der Waals surface area contributed by atoms with E-state index in [1.165, 1.54) is 34.6 Å². The Morgan fingerprint density at radius 1 is 0.285 bits per heavy atom. The van der Waals surface area contributed by atoms with Gasteiger partial charge in [0.05, 0.1) is 58.0 Å². The number of carboxylic acid groups (broad SMARTS) is 5. The normalized spacial score (nSPS) is 14.9. The number of carboxylic acids is 5. The first-order valence-electron chi connectivity index (χ1n) is 43.8. The van der Waals surface area contributed by atoms with Crippen LogP contribution >= 0.6 is 0 Å². The molecule has 1 aromatic rings. The Balaban J connectivity index is 3.58. The van der Waals surface area contributed by atoms with Crippen molar-refractivity contribution in [1.82, 2.24) is 95.7 Å². The molecule has 766 valence electrons. The number of nitrogens with two attached hydrogens (primary N) is 3. The van der Waals surface area contributed by atoms with Crippen molar-refractivity contribution in [2.75, 3.05) is 26.3 Å². The molecule has 0 radical (unpaired) electrons. The average molecular weight is 1950 g/mol. The van der Waals surface area contributed by atoms with Crippen molar-refractivity contribution in [3.8, 4) is 0 Å². The maximum atomic E-state index is 14.4. The molecule has 0 heterocycles. The van der Waals surface area contributed by atoms with Crippen LogP contribution in [0, 0.1) is 35.5 Å². The standard InChI is InChI=1S/C84H133N21O32/c1-36(2)24-47(70(122)89-32-59(110)91-54(84(136)137)27-44-18-16-15-17-19-44)94-80(132)56(35-107)102-78(130)52(30-63(116)117)98-74(126)49(26-38(5)6)95-73(125)48(25-37(3)4)96-76(128)51(29-62(114)115)99-77(129)53(31-64(118)119)100-82(134)67(41(11)12)104-72(124)46(21-23-58(87)109)92-75(127)50(28-61(112)113)97-71(123)45(20-22-57(86)108)93-79(131)55(34-106)101-69(121)43(14)90-81(133)66(40(9)10)105-83(135)65(39(7)8)103-60(111)33-88-68(120)42(13)85/h15-19,36-43,45-56,65-67,106-107H,20-35,85H2,1-14H3,(H2,86,108)(H2,87,109)(H,88,120)(H,89,122)(H,90,133)(H,91,110)(H,92,127)(H,93,131)(H,94,132)(H,95,125)(H,96,128)(H,97,123)(H,98,126)(H,99,129)(H,100,134)(H,101,121)(H,102,130)(H,103,111)(H,104,124)(H,105,135)(H,112,113)(H,114,115)(H,116,117)(H,118,119)(H,136,137)/t42-,43-,45-,46-,47-,48-,49-,50-,51-,52-,53-,54-,55-,56-,65-,66-,67-/m0/s1. The van der Waals surface area contributed by atoms with E-state index in [0.717, 1.165) is 6.92 Å². The number of aliphatic carboxylic acids is 5. The maximum absolute atomic E-state index is 14.4. The van der Waals surface area contributed by atoms with Crippen LogP contribution in [0.4, 0.5) is 0 Å². The molecule has 20 amide bonds. The van der Waals surface area contributed by atoms with Crippen molar-refractivity contribution in [2.24, 2.45) is 52.7 Å². The molecule has 17 atom stereocenters. The zero-order valence-electron chi connectivity index (χ0n) is 78.5. The SMILES string of the molecule is CC(C)C[C@H](NC(=O)[C@H](CO)NC(=O)[C@H](CC(=O)O)NC(=O)[C@H](CC(C)C)NC(=O)[C@H](CC(C)C)NC(=O)[C@H](CC(=O)O)NC(=O)[C@H](CC(=O)O)NC(=O)[C@@H](NC(=O)[C@H](CCC(N)=O)NC(=O)[C@H](CC(=O)O)NC(=O)[C@H](CCC(N)=O)NC(=O)[C@H](CO)NC(=O)[C@H](C)NC(=O)[C@@H](NC(=O)[C@@H](NC(=O)CNC(=O)[C@H](C)N)C(C)C)C(C)C)C(C)C)C(=O)NCC(=O)N[C@@H](Cc1ccccc1)C(=O)O. The molecule has 53 heteroatoms. The second-order valence-corrected chi connectivity index (χ2v) is 34.7. The van der Waals surface area contributed by atoms with Crippen LogP contribution < -0.4 is 113 Å². The smallest absolute Gasteiger partial charge is 0.326 e. The third-order valence-electron chi connectivity index (χ3n) is 20.0. The number of carbonyl (C=O) groups is 25. The Morgan fingerprint density at radius 2 is 0.547 bits per heavy atom. The van der Waals surface area contributed by atoms with Crippen LogP contribution in [0.3, 0.4) is 0 Å². The van der Waals surface area contributed by atoms with Crippen molar-refractivity contribution >= 4 is 148 Å². The van der Waals surface area contributed by atoms with Crippen LogP contribution in [0.15, 0.2) is 30.3 Å². The lowest BCUT2D eigenvalue weighted by molar-refractivity contribution is -0.144. The fourth-order valence-electron chi connectivity index (χ4n) is 12.8. The van der Waals surface area contributed by atoms with E-state index < -0.39 is 358 Å². The monoisotopic (exact) mass is 1950 g/mol. The Labute approximate surface area is 787 Å². The van der Waals surface area contributed by atoms with Gasteiger partial charge in [0.1, 0.15) is 96.7 Å². The molecule has 1 rings (SSSR count). The number of benzene rings is 1. The number of hydrogen-bond acceptors (Lipinski definition) is 28. The number of aliphatic hydroxyl groups is 2. The molecule has 0 aliphatic heterocycles. The summed E-state index contributed by atoms with van der Waals surface area (Å²) < 4.78 is 0. The summed E-state index contributed by atoms with van der Waals surface area (Å²) in [6, 6.07) is -22.1. The van der Waals surface area contributed by atoms with Crippen LogP contribution in [0.1, 0.15) is 173 Å². The third-order valence-corrected chi connectivity index (χ3v) is 20.0. The lowest BCUT2D eigenvalue weighted by atomic mass is 9.99. The molecule has 0 bridgehead atoms. The summed E-state index contributed by atoms with van der Waals surface area (Å²) in [5.74, 6) is -36.1. The van der Waals surface area contributed by atoms with Gasteiger partial charge < -0.3 is 149 Å². The van der Waals surface area contributed by atoms with Crippen LogP contribution in [0.5, 0.6) is 0 Å². The van der Waals surface area contributed by atoms with Crippen molar-refractivity contribution in [3.63, 3.8) is 0 Å². The highest BCUT2D eigenvalue weighted by atomic mass is 16.4. The van der Waals surface area contributed by atoms with Gasteiger partial charge in [0.2, 0.25) is 118 Å². The Bertz CT molecular complexity index is 4440. The highest BCUT2D eigenvalue weighted by molar-refractivity contribution is 6.03. The second kappa shape index (κ2) is 60.3. The minimum atomic E-state index is -2.30. The quantitative estimate of drug-likeness (QED) is 0.0288. The van der Waals surface area contributed by atoms with Gasteiger partial charge in [-0.2, -0.15) is 0 Å². The van der Waals surface area contributed by atoms with Gasteiger partial charge in [0, 0.05) is 19.3 Å². The molecule has 0 fully saturated rings. The number of rotatable bonds is 64. The van der Waals surface area contributed by atoms with E-state index in [9.17, 15) is 156 Å². The van der Waals surface area contributed by atoms with Gasteiger partial charge in [-0.25, -0.2) is 4.79 Å². The van der Waals surface area contributed by atoms with Gasteiger partial charge >= 0.3 is 29.8 Å². The Morgan fingerprint density at radius 3 is 0.876 bits per heavy atom. The van der Waals surface area contributed by atoms with E-state index in [0.29, 0.717) is 5.56 Å². The molecule has 137 heavy (non-hydrogen) atoms. The molecule has 0 aliphatic carbocycles. The summed E-state index contributed by atoms with van der Waals surface area (Å²) >= 11 is 0. The van der Waals surface area contributed by atoms with E-state index in [2.05, 4.69) is 85.1 Å². The molecule has 1 aromatic carbocycles. The van der Waals surface area contributed by atoms with Gasteiger partial charge in [0.15, 0.2) is 0 Å². The molecular formula is C84H133N21O32. The summed E-state index contributed by atoms with van der Waals surface area (Å²) in [6.07, 6.45) is -9.10. The highest BCUT2D eigenvalue weighted by Gasteiger charge is 2.42. The second-order valence-electron chi connectivity index (χ2n) is 34.7. The van der Waals surface area contributed by atoms with Crippen LogP contribution in [-0.4, -0.2) is 313 Å². The van der Waals surface area contributed by atoms with Gasteiger partial charge in [-0.15, -0.1) is 0 Å². The number of nitrogens with one attached hydrogen (secondary N) is 18. The first-order valence-corrected chi connectivity index (χ1v) is 43.8. The first kappa shape index (κ1) is 121. The maximum Gasteiger partial charge on any atom is 0.326 e. The number of carbonyl (C=O) groups excluding carboxylic acids is 20. The Hall–Kier alpha value is -14.1. The van der Waals surface area contributed by atoms with E-state index >= 15 is 0 Å². The minimum Gasteiger partial charge on any atom is -0.481 e. The van der Waals surface area contributed by atoms with Crippen LogP contribution in [-0.2, 0) is 126 Å². The van der Waals surface area contributed by atoms with Crippen molar-refractivity contribution in [3.05, 3.63) is 35.9 Å². The first-order chi connectivity index (χ1) is 63.7. The molecule has 0 saturated heterocycles. The third kappa shape index (κ3) is 46.6. The highest BCUT2D eigenvalue weighted by Crippen LogP contribution is 2.16.